The lowest BCUT2D eigenvalue weighted by Gasteiger charge is -2.22. The maximum absolute atomic E-state index is 13.5. The van der Waals surface area contributed by atoms with E-state index in [2.05, 4.69) is 27.9 Å². The summed E-state index contributed by atoms with van der Waals surface area (Å²) in [5.74, 6) is 0.281. The van der Waals surface area contributed by atoms with Crippen LogP contribution in [0.2, 0.25) is 0 Å². The van der Waals surface area contributed by atoms with Crippen molar-refractivity contribution < 1.29 is 4.79 Å². The zero-order chi connectivity index (χ0) is 20.4. The minimum atomic E-state index is -0.173. The summed E-state index contributed by atoms with van der Waals surface area (Å²) in [5, 5.41) is 4.31. The molecule has 0 radical (unpaired) electrons. The lowest BCUT2D eigenvalue weighted by Crippen LogP contribution is -2.36. The van der Waals surface area contributed by atoms with Crippen LogP contribution in [0.4, 0.5) is 0 Å². The first-order chi connectivity index (χ1) is 14.1. The quantitative estimate of drug-likeness (QED) is 0.647. The molecule has 0 bridgehead atoms. The van der Waals surface area contributed by atoms with E-state index in [4.69, 9.17) is 0 Å². The maximum Gasteiger partial charge on any atom is 0.277 e. The Balaban J connectivity index is 1.78. The van der Waals surface area contributed by atoms with E-state index in [1.165, 1.54) is 4.68 Å². The highest BCUT2D eigenvalue weighted by atomic mass is 16.2. The summed E-state index contributed by atoms with van der Waals surface area (Å²) < 4.78 is 1.50. The second-order valence-electron chi connectivity index (χ2n) is 7.63. The molecule has 1 amide bonds. The van der Waals surface area contributed by atoms with Crippen molar-refractivity contribution in [3.8, 4) is 0 Å². The fourth-order valence-electron chi connectivity index (χ4n) is 3.84. The van der Waals surface area contributed by atoms with Crippen LogP contribution in [-0.4, -0.2) is 22.1 Å². The first kappa shape index (κ1) is 19.2. The van der Waals surface area contributed by atoms with Crippen LogP contribution >= 0.6 is 0 Å². The van der Waals surface area contributed by atoms with Gasteiger partial charge in [0.25, 0.3) is 11.5 Å². The molecule has 2 N–H and O–H groups in total. The number of carbonyl (C=O) groups excluding carboxylic acids is 1. The number of carbonyl (C=O) groups is 1. The summed E-state index contributed by atoms with van der Waals surface area (Å²) in [6, 6.07) is 11.7. The molecule has 1 aromatic carbocycles. The molecule has 29 heavy (non-hydrogen) atoms. The second-order valence-corrected chi connectivity index (χ2v) is 7.63. The monoisotopic (exact) mass is 390 g/mol. The molecule has 0 unspecified atom stereocenters. The van der Waals surface area contributed by atoms with Gasteiger partial charge in [-0.25, -0.2) is 4.68 Å². The van der Waals surface area contributed by atoms with Crippen LogP contribution < -0.4 is 16.3 Å². The molecule has 2 heterocycles. The van der Waals surface area contributed by atoms with Crippen LogP contribution in [-0.2, 0) is 0 Å². The number of fused-ring (bicyclic) bond motifs is 1. The van der Waals surface area contributed by atoms with Gasteiger partial charge in [-0.1, -0.05) is 37.3 Å². The van der Waals surface area contributed by atoms with Crippen molar-refractivity contribution in [1.29, 1.82) is 0 Å². The standard InChI is InChI=1S/C23H26N4O2/c1-3-12-25-27-15(2)20(19-14-24-13-11-18(19)23(27)29)22(28)26-21(17-9-10-17)16-7-5-4-6-8-16/h4-8,11,13-14,17,21,25H,3,9-10,12H2,1-2H3,(H,26,28)/t21-/m1/s1. The van der Waals surface area contributed by atoms with E-state index < -0.39 is 0 Å². The second kappa shape index (κ2) is 8.07. The van der Waals surface area contributed by atoms with E-state index in [0.717, 1.165) is 24.8 Å². The molecule has 3 aromatic rings. The van der Waals surface area contributed by atoms with Gasteiger partial charge in [0, 0.05) is 24.3 Å². The van der Waals surface area contributed by atoms with E-state index >= 15 is 0 Å². The van der Waals surface area contributed by atoms with Crippen LogP contribution in [0.5, 0.6) is 0 Å². The predicted molar refractivity (Wildman–Crippen MR) is 115 cm³/mol. The Morgan fingerprint density at radius 2 is 1.97 bits per heavy atom. The molecule has 1 aliphatic carbocycles. The Bertz CT molecular complexity index is 1090. The smallest absolute Gasteiger partial charge is 0.277 e. The van der Waals surface area contributed by atoms with Gasteiger partial charge in [0.15, 0.2) is 0 Å². The molecule has 1 fully saturated rings. The van der Waals surface area contributed by atoms with Gasteiger partial charge in [-0.05, 0) is 43.7 Å². The highest BCUT2D eigenvalue weighted by Gasteiger charge is 2.34. The largest absolute Gasteiger partial charge is 0.345 e. The molecular formula is C23H26N4O2. The molecular weight excluding hydrogens is 364 g/mol. The minimum Gasteiger partial charge on any atom is -0.345 e. The number of hydrogen-bond acceptors (Lipinski definition) is 4. The molecule has 0 saturated heterocycles. The normalized spacial score (nSPS) is 14.6. The number of nitrogens with one attached hydrogen (secondary N) is 2. The van der Waals surface area contributed by atoms with E-state index in [9.17, 15) is 9.59 Å². The zero-order valence-corrected chi connectivity index (χ0v) is 16.8. The van der Waals surface area contributed by atoms with E-state index in [1.54, 1.807) is 25.4 Å². The van der Waals surface area contributed by atoms with Crippen molar-refractivity contribution >= 4 is 16.7 Å². The Hall–Kier alpha value is -3.15. The van der Waals surface area contributed by atoms with Gasteiger partial charge >= 0.3 is 0 Å². The van der Waals surface area contributed by atoms with Gasteiger partial charge in [0.2, 0.25) is 0 Å². The Morgan fingerprint density at radius 1 is 1.21 bits per heavy atom. The first-order valence-corrected chi connectivity index (χ1v) is 10.2. The van der Waals surface area contributed by atoms with Gasteiger partial charge in [-0.2, -0.15) is 0 Å². The molecule has 4 rings (SSSR count). The van der Waals surface area contributed by atoms with Crippen molar-refractivity contribution in [3.05, 3.63) is 76.0 Å². The molecule has 2 aromatic heterocycles. The number of benzene rings is 1. The third kappa shape index (κ3) is 3.75. The number of rotatable bonds is 7. The molecule has 6 heteroatoms. The summed E-state index contributed by atoms with van der Waals surface area (Å²) in [6.07, 6.45) is 6.29. The minimum absolute atomic E-state index is 0.0289. The number of nitrogens with zero attached hydrogens (tertiary/aromatic N) is 2. The van der Waals surface area contributed by atoms with Crippen molar-refractivity contribution in [2.45, 2.75) is 39.2 Å². The van der Waals surface area contributed by atoms with Crippen LogP contribution in [0, 0.1) is 12.8 Å². The highest BCUT2D eigenvalue weighted by molar-refractivity contribution is 6.07. The van der Waals surface area contributed by atoms with Gasteiger partial charge in [0.1, 0.15) is 0 Å². The Morgan fingerprint density at radius 3 is 2.66 bits per heavy atom. The van der Waals surface area contributed by atoms with Gasteiger partial charge in [-0.15, -0.1) is 0 Å². The molecule has 0 aliphatic heterocycles. The number of hydrogen-bond donors (Lipinski definition) is 2. The average Bonchev–Trinajstić information content (AvgIpc) is 3.58. The fraction of sp³-hybridized carbons (Fsp3) is 0.348. The average molecular weight is 390 g/mol. The van der Waals surface area contributed by atoms with Crippen LogP contribution in [0.1, 0.15) is 53.8 Å². The van der Waals surface area contributed by atoms with E-state index in [0.29, 0.717) is 34.5 Å². The zero-order valence-electron chi connectivity index (χ0n) is 16.8. The molecule has 1 saturated carbocycles. The van der Waals surface area contributed by atoms with Crippen LogP contribution in [0.25, 0.3) is 10.8 Å². The summed E-state index contributed by atoms with van der Waals surface area (Å²) in [7, 11) is 0. The van der Waals surface area contributed by atoms with Crippen molar-refractivity contribution in [3.63, 3.8) is 0 Å². The lowest BCUT2D eigenvalue weighted by molar-refractivity contribution is 0.0932. The molecule has 1 atom stereocenters. The van der Waals surface area contributed by atoms with Crippen LogP contribution in [0.3, 0.4) is 0 Å². The highest BCUT2D eigenvalue weighted by Crippen LogP contribution is 2.41. The summed E-state index contributed by atoms with van der Waals surface area (Å²) in [4.78, 5) is 30.5. The maximum atomic E-state index is 13.5. The molecule has 150 valence electrons. The summed E-state index contributed by atoms with van der Waals surface area (Å²) >= 11 is 0. The van der Waals surface area contributed by atoms with Gasteiger partial charge in [0.05, 0.1) is 22.7 Å². The first-order valence-electron chi connectivity index (χ1n) is 10.2. The third-order valence-electron chi connectivity index (χ3n) is 5.51. The number of pyridine rings is 2. The topological polar surface area (TPSA) is 76.0 Å². The summed E-state index contributed by atoms with van der Waals surface area (Å²) in [5.41, 5.74) is 5.19. The SMILES string of the molecule is CCCNn1c(C)c(C(=O)N[C@H](c2ccccc2)C2CC2)c2cnccc2c1=O. The van der Waals surface area contributed by atoms with E-state index in [-0.39, 0.29) is 17.5 Å². The lowest BCUT2D eigenvalue weighted by atomic mass is 10.0. The number of amides is 1. The number of aromatic nitrogens is 2. The van der Waals surface area contributed by atoms with Crippen LogP contribution in [0.15, 0.2) is 53.6 Å². The van der Waals surface area contributed by atoms with Gasteiger partial charge in [-0.3, -0.25) is 14.6 Å². The fourth-order valence-corrected chi connectivity index (χ4v) is 3.84. The van der Waals surface area contributed by atoms with Crippen molar-refractivity contribution in [2.75, 3.05) is 12.0 Å². The van der Waals surface area contributed by atoms with Gasteiger partial charge < -0.3 is 10.7 Å². The Kier molecular flexibility index (Phi) is 5.34. The molecule has 0 spiro atoms. The third-order valence-corrected chi connectivity index (χ3v) is 5.51. The van der Waals surface area contributed by atoms with E-state index in [1.807, 2.05) is 25.1 Å². The predicted octanol–water partition coefficient (Wildman–Crippen LogP) is 3.54. The molecule has 1 aliphatic rings. The molecule has 6 nitrogen and oxygen atoms in total. The van der Waals surface area contributed by atoms with Crippen molar-refractivity contribution in [2.24, 2.45) is 5.92 Å². The summed E-state index contributed by atoms with van der Waals surface area (Å²) in [6.45, 7) is 4.49. The van der Waals surface area contributed by atoms with Crippen molar-refractivity contribution in [1.82, 2.24) is 15.0 Å². The Labute approximate surface area is 169 Å².